The molecule has 21 heteroatoms. The van der Waals surface area contributed by atoms with Crippen LogP contribution in [0.1, 0.15) is 18.2 Å². The van der Waals surface area contributed by atoms with Crippen molar-refractivity contribution in [3.05, 3.63) is 43.0 Å². The minimum atomic E-state index is -5.33. The predicted octanol–water partition coefficient (Wildman–Crippen LogP) is -0.0961. The van der Waals surface area contributed by atoms with Crippen molar-refractivity contribution in [1.82, 2.24) is 14.4 Å². The highest BCUT2D eigenvalue weighted by Gasteiger charge is 2.40. The van der Waals surface area contributed by atoms with E-state index in [1.165, 1.54) is 13.1 Å². The lowest BCUT2D eigenvalue weighted by Gasteiger charge is -2.22. The fourth-order valence-electron chi connectivity index (χ4n) is 2.56. The Kier molecular flexibility index (Phi) is 7.91. The summed E-state index contributed by atoms with van der Waals surface area (Å²) >= 11 is 0. The highest BCUT2D eigenvalue weighted by Crippen LogP contribution is 2.61. The van der Waals surface area contributed by atoms with Crippen LogP contribution < -0.4 is 16.1 Å². The monoisotopic (exact) mass is 500 g/mol. The highest BCUT2D eigenvalue weighted by molar-refractivity contribution is 7.84. The molecule has 31 heavy (non-hydrogen) atoms. The highest BCUT2D eigenvalue weighted by atomic mass is 31.3. The van der Waals surface area contributed by atoms with E-state index in [1.807, 2.05) is 0 Å². The molecule has 17 nitrogen and oxygen atoms in total. The Balaban J connectivity index is 2.14. The second-order valence-corrected chi connectivity index (χ2v) is 11.1. The fourth-order valence-corrected chi connectivity index (χ4v) is 6.13. The number of aromatic nitrogens is 2. The van der Waals surface area contributed by atoms with Crippen molar-refractivity contribution < 1.29 is 41.9 Å². The number of rotatable bonds is 9. The smallest absolute Gasteiger partial charge is 0.352 e. The summed E-state index contributed by atoms with van der Waals surface area (Å²) in [6, 6.07) is -0.969. The Morgan fingerprint density at radius 1 is 1.42 bits per heavy atom. The maximum Gasteiger partial charge on any atom is 0.418 e. The van der Waals surface area contributed by atoms with Crippen LogP contribution in [0.5, 0.6) is 0 Å². The van der Waals surface area contributed by atoms with Crippen LogP contribution in [0, 0.1) is 6.92 Å². The Morgan fingerprint density at radius 2 is 2.06 bits per heavy atom. The van der Waals surface area contributed by atoms with Crippen molar-refractivity contribution in [2.24, 2.45) is 5.11 Å². The van der Waals surface area contributed by atoms with Gasteiger partial charge in [-0.1, -0.05) is 5.11 Å². The quantitative estimate of drug-likeness (QED) is 0.0980. The Labute approximate surface area is 174 Å². The van der Waals surface area contributed by atoms with Gasteiger partial charge in [-0.2, -0.15) is 0 Å². The van der Waals surface area contributed by atoms with Gasteiger partial charge in [-0.25, -0.2) is 18.2 Å². The number of hydrogen-bond acceptors (Lipinski definition) is 9. The Hall–Kier alpha value is -1.54. The second-order valence-electron chi connectivity index (χ2n) is 6.20. The van der Waals surface area contributed by atoms with Gasteiger partial charge in [0.15, 0.2) is 0 Å². The summed E-state index contributed by atoms with van der Waals surface area (Å²) in [4.78, 5) is 55.7. The zero-order valence-electron chi connectivity index (χ0n) is 15.5. The molecule has 170 valence electrons. The summed E-state index contributed by atoms with van der Waals surface area (Å²) in [6.07, 6.45) is -1.02. The van der Waals surface area contributed by atoms with Crippen LogP contribution in [0.15, 0.2) is 20.9 Å². The minimum absolute atomic E-state index is 0.0581. The first-order valence-corrected chi connectivity index (χ1v) is 12.9. The molecule has 1 aliphatic rings. The van der Waals surface area contributed by atoms with Crippen LogP contribution in [0.25, 0.3) is 10.4 Å². The molecule has 1 aromatic rings. The largest absolute Gasteiger partial charge is 0.418 e. The molecule has 5 atom stereocenters. The van der Waals surface area contributed by atoms with E-state index in [0.29, 0.717) is 0 Å². The molecule has 0 spiro atoms. The van der Waals surface area contributed by atoms with E-state index in [9.17, 15) is 28.2 Å². The summed E-state index contributed by atoms with van der Waals surface area (Å²) < 4.78 is 49.8. The minimum Gasteiger partial charge on any atom is -0.352 e. The molecule has 0 saturated carbocycles. The number of aryl methyl sites for hydroxylation is 1. The van der Waals surface area contributed by atoms with E-state index in [0.717, 1.165) is 9.42 Å². The van der Waals surface area contributed by atoms with Crippen LogP contribution >= 0.6 is 23.0 Å². The summed E-state index contributed by atoms with van der Waals surface area (Å²) in [5.74, 6) is 0. The zero-order valence-corrected chi connectivity index (χ0v) is 18.2. The van der Waals surface area contributed by atoms with Crippen molar-refractivity contribution in [1.29, 1.82) is 0 Å². The standard InChI is InChI=1S/C10H16BN6O11P3/c1-5-3-17(10(19)13-9(5)18)8-2-6(14-15-12)7(27-8)4-26-29(11,20)28-31(24,25)16-30(21,22)23/h3,6-8H,2,4H2,1H3,(H,13,18,19)(H4,16,21,22,23,24,25)/t6-,7-,8-,29?/m1/s1. The lowest BCUT2D eigenvalue weighted by Crippen LogP contribution is -2.33. The van der Waals surface area contributed by atoms with Crippen molar-refractivity contribution in [3.8, 4) is 0 Å². The molecule has 2 rings (SSSR count). The van der Waals surface area contributed by atoms with Gasteiger partial charge in [0.05, 0.1) is 18.8 Å². The first kappa shape index (κ1) is 25.7. The normalized spacial score (nSPS) is 25.4. The van der Waals surface area contributed by atoms with E-state index < -0.39 is 59.2 Å². The fraction of sp³-hybridized carbons (Fsp3) is 0.600. The van der Waals surface area contributed by atoms with E-state index in [1.54, 1.807) is 0 Å². The SMILES string of the molecule is [B]P(=O)(OC[C@H]1O[C@@H](n2cc(C)c(=O)[nH]c2=O)C[C@H]1N=[N+]=[N-])OP(=O)(O)NP(=O)(O)O. The molecular formula is C10H16BN6O11P3. The molecule has 0 bridgehead atoms. The van der Waals surface area contributed by atoms with Gasteiger partial charge in [0.25, 0.3) is 13.0 Å². The first-order chi connectivity index (χ1) is 14.1. The molecule has 0 aromatic carbocycles. The molecule has 2 heterocycles. The Bertz CT molecular complexity index is 1140. The topological polar surface area (TPSA) is 255 Å². The van der Waals surface area contributed by atoms with E-state index >= 15 is 0 Å². The third kappa shape index (κ3) is 7.53. The molecule has 1 aromatic heterocycles. The van der Waals surface area contributed by atoms with Crippen molar-refractivity contribution in [3.63, 3.8) is 0 Å². The van der Waals surface area contributed by atoms with Crippen LogP contribution in [0.2, 0.25) is 0 Å². The van der Waals surface area contributed by atoms with Crippen LogP contribution in [0.3, 0.4) is 0 Å². The number of H-pyrrole nitrogens is 1. The molecule has 1 saturated heterocycles. The first-order valence-electron chi connectivity index (χ1n) is 8.06. The molecule has 1 fully saturated rings. The average molecular weight is 500 g/mol. The van der Waals surface area contributed by atoms with Gasteiger partial charge in [0, 0.05) is 23.1 Å². The van der Waals surface area contributed by atoms with Gasteiger partial charge in [0.2, 0.25) is 7.57 Å². The van der Waals surface area contributed by atoms with Crippen LogP contribution in [-0.2, 0) is 27.3 Å². The molecule has 1 aliphatic heterocycles. The lowest BCUT2D eigenvalue weighted by atomic mass is 10.1. The van der Waals surface area contributed by atoms with Gasteiger partial charge >= 0.3 is 21.2 Å². The zero-order chi connectivity index (χ0) is 23.6. The van der Waals surface area contributed by atoms with Crippen LogP contribution in [0.4, 0.5) is 0 Å². The van der Waals surface area contributed by atoms with Gasteiger partial charge in [-0.05, 0) is 12.5 Å². The van der Waals surface area contributed by atoms with Crippen molar-refractivity contribution in [2.45, 2.75) is 31.7 Å². The van der Waals surface area contributed by atoms with Crippen molar-refractivity contribution >= 4 is 30.5 Å². The number of hydrogen-bond donors (Lipinski definition) is 5. The lowest BCUT2D eigenvalue weighted by molar-refractivity contribution is -0.0230. The Morgan fingerprint density at radius 3 is 2.65 bits per heavy atom. The van der Waals surface area contributed by atoms with E-state index in [4.69, 9.17) is 32.1 Å². The molecule has 0 amide bonds. The number of nitrogens with one attached hydrogen (secondary N) is 2. The molecule has 2 radical (unpaired) electrons. The third-order valence-electron chi connectivity index (χ3n) is 3.76. The summed E-state index contributed by atoms with van der Waals surface area (Å²) in [7, 11) is -10.3. The van der Waals surface area contributed by atoms with Gasteiger partial charge in [0.1, 0.15) is 6.23 Å². The van der Waals surface area contributed by atoms with Crippen LogP contribution in [-0.4, -0.2) is 50.5 Å². The summed E-state index contributed by atoms with van der Waals surface area (Å²) in [5.41, 5.74) is 7.50. The predicted molar refractivity (Wildman–Crippen MR) is 103 cm³/mol. The second kappa shape index (κ2) is 9.53. The number of ether oxygens (including phenoxy) is 1. The molecule has 2 unspecified atom stereocenters. The number of azide groups is 1. The average Bonchev–Trinajstić information content (AvgIpc) is 2.96. The molecule has 5 N–H and O–H groups in total. The van der Waals surface area contributed by atoms with E-state index in [2.05, 4.69) is 19.3 Å². The molecular weight excluding hydrogens is 484 g/mol. The van der Waals surface area contributed by atoms with E-state index in [-0.39, 0.29) is 12.0 Å². The summed E-state index contributed by atoms with van der Waals surface area (Å²) in [6.45, 7) is 0.719. The third-order valence-corrected chi connectivity index (χ3v) is 8.12. The van der Waals surface area contributed by atoms with Gasteiger partial charge in [-0.15, -0.1) is 4.86 Å². The number of aromatic amines is 1. The van der Waals surface area contributed by atoms with Gasteiger partial charge in [-0.3, -0.25) is 18.9 Å². The van der Waals surface area contributed by atoms with Crippen molar-refractivity contribution in [2.75, 3.05) is 6.61 Å². The molecule has 0 aliphatic carbocycles. The summed E-state index contributed by atoms with van der Waals surface area (Å²) in [5, 5.41) is 3.47. The maximum atomic E-state index is 12.1. The van der Waals surface area contributed by atoms with Gasteiger partial charge < -0.3 is 23.9 Å². The maximum absolute atomic E-state index is 12.1. The number of nitrogens with zero attached hydrogens (tertiary/aromatic N) is 4.